The van der Waals surface area contributed by atoms with Gasteiger partial charge in [0.25, 0.3) is 0 Å². The van der Waals surface area contributed by atoms with E-state index >= 15 is 0 Å². The van der Waals surface area contributed by atoms with Gasteiger partial charge in [-0.2, -0.15) is 0 Å². The molecule has 0 saturated carbocycles. The zero-order valence-corrected chi connectivity index (χ0v) is 6.32. The SMILES string of the molecule is C[N+]1=NOC(=O)C1I. The van der Waals surface area contributed by atoms with Crippen LogP contribution in [0.2, 0.25) is 0 Å². The summed E-state index contributed by atoms with van der Waals surface area (Å²) in [5.41, 5.74) is 0. The van der Waals surface area contributed by atoms with E-state index in [1.807, 2.05) is 22.6 Å². The number of likely N-dealkylation sites (N-methyl/N-ethyl adjacent to an activating group) is 1. The summed E-state index contributed by atoms with van der Waals surface area (Å²) in [6.07, 6.45) is 0. The Morgan fingerprint density at radius 2 is 2.62 bits per heavy atom. The molecule has 1 atom stereocenters. The second-order valence-electron chi connectivity index (χ2n) is 1.40. The van der Waals surface area contributed by atoms with Gasteiger partial charge in [-0.25, -0.2) is 4.79 Å². The van der Waals surface area contributed by atoms with Crippen molar-refractivity contribution in [2.24, 2.45) is 5.28 Å². The van der Waals surface area contributed by atoms with E-state index in [-0.39, 0.29) is 10.0 Å². The van der Waals surface area contributed by atoms with Gasteiger partial charge in [0.15, 0.2) is 12.3 Å². The molecule has 1 rings (SSSR count). The summed E-state index contributed by atoms with van der Waals surface area (Å²) in [4.78, 5) is 14.7. The topological polar surface area (TPSA) is 41.7 Å². The Morgan fingerprint density at radius 1 is 2.00 bits per heavy atom. The summed E-state index contributed by atoms with van der Waals surface area (Å²) in [7, 11) is 1.68. The number of halogens is 1. The van der Waals surface area contributed by atoms with Crippen LogP contribution in [0.15, 0.2) is 5.28 Å². The van der Waals surface area contributed by atoms with Crippen LogP contribution in [0.4, 0.5) is 0 Å². The molecule has 44 valence electrons. The summed E-state index contributed by atoms with van der Waals surface area (Å²) in [6, 6.07) is 0. The first kappa shape index (κ1) is 5.93. The zero-order valence-electron chi connectivity index (χ0n) is 4.17. The van der Waals surface area contributed by atoms with Crippen molar-refractivity contribution >= 4 is 28.6 Å². The summed E-state index contributed by atoms with van der Waals surface area (Å²) >= 11 is 1.94. The van der Waals surface area contributed by atoms with Gasteiger partial charge in [0.05, 0.1) is 0 Å². The van der Waals surface area contributed by atoms with E-state index in [2.05, 4.69) is 10.1 Å². The van der Waals surface area contributed by atoms with Crippen LogP contribution >= 0.6 is 22.6 Å². The molecule has 8 heavy (non-hydrogen) atoms. The minimum Gasteiger partial charge on any atom is -0.260 e. The Balaban J connectivity index is 2.72. The Kier molecular flexibility index (Phi) is 1.45. The van der Waals surface area contributed by atoms with Gasteiger partial charge >= 0.3 is 10.0 Å². The van der Waals surface area contributed by atoms with E-state index < -0.39 is 0 Å². The molecular formula is C3H4IN2O2+. The number of carbonyl (C=O) groups is 1. The van der Waals surface area contributed by atoms with Crippen LogP contribution in [0, 0.1) is 0 Å². The van der Waals surface area contributed by atoms with Gasteiger partial charge < -0.3 is 0 Å². The van der Waals surface area contributed by atoms with Crippen LogP contribution in [0.1, 0.15) is 0 Å². The lowest BCUT2D eigenvalue weighted by atomic mass is 10.7. The highest BCUT2D eigenvalue weighted by atomic mass is 127. The van der Waals surface area contributed by atoms with Crippen molar-refractivity contribution in [3.63, 3.8) is 0 Å². The van der Waals surface area contributed by atoms with Crippen LogP contribution < -0.4 is 0 Å². The van der Waals surface area contributed by atoms with Gasteiger partial charge in [0, 0.05) is 22.6 Å². The van der Waals surface area contributed by atoms with Crippen molar-refractivity contribution in [3.05, 3.63) is 0 Å². The van der Waals surface area contributed by atoms with Gasteiger partial charge in [0.1, 0.15) is 0 Å². The summed E-state index contributed by atoms with van der Waals surface area (Å²) in [5, 5.41) is 3.37. The third-order valence-electron chi connectivity index (χ3n) is 0.782. The minimum atomic E-state index is -0.298. The predicted molar refractivity (Wildman–Crippen MR) is 32.5 cm³/mol. The van der Waals surface area contributed by atoms with Crippen LogP contribution in [0.25, 0.3) is 0 Å². The van der Waals surface area contributed by atoms with Crippen LogP contribution in [-0.4, -0.2) is 21.8 Å². The lowest BCUT2D eigenvalue weighted by Crippen LogP contribution is -2.16. The maximum absolute atomic E-state index is 10.4. The zero-order chi connectivity index (χ0) is 6.15. The number of hydrogen-bond acceptors (Lipinski definition) is 3. The highest BCUT2D eigenvalue weighted by molar-refractivity contribution is 14.1. The fourth-order valence-electron chi connectivity index (χ4n) is 0.342. The molecule has 0 aromatic heterocycles. The summed E-state index contributed by atoms with van der Waals surface area (Å²) in [6.45, 7) is 0. The fourth-order valence-corrected chi connectivity index (χ4v) is 0.557. The quantitative estimate of drug-likeness (QED) is 0.258. The third-order valence-corrected chi connectivity index (χ3v) is 2.10. The molecular weight excluding hydrogens is 223 g/mol. The number of rotatable bonds is 0. The fraction of sp³-hybridized carbons (Fsp3) is 0.667. The van der Waals surface area contributed by atoms with E-state index in [0.717, 1.165) is 0 Å². The maximum atomic E-state index is 10.4. The molecule has 0 bridgehead atoms. The van der Waals surface area contributed by atoms with Crippen LogP contribution in [0.3, 0.4) is 0 Å². The van der Waals surface area contributed by atoms with Gasteiger partial charge in [-0.05, 0) is 0 Å². The molecule has 0 aliphatic carbocycles. The second-order valence-corrected chi connectivity index (χ2v) is 2.58. The number of carbonyl (C=O) groups excluding carboxylic acids is 1. The number of hydrogen-bond donors (Lipinski definition) is 0. The first-order chi connectivity index (χ1) is 3.72. The van der Waals surface area contributed by atoms with Gasteiger partial charge in [0.2, 0.25) is 0 Å². The monoisotopic (exact) mass is 227 g/mol. The van der Waals surface area contributed by atoms with E-state index in [4.69, 9.17) is 0 Å². The number of nitrogens with zero attached hydrogens (tertiary/aromatic N) is 2. The molecule has 1 heterocycles. The molecule has 0 fully saturated rings. The van der Waals surface area contributed by atoms with Gasteiger partial charge in [-0.15, -0.1) is 0 Å². The Hall–Kier alpha value is -0.200. The van der Waals surface area contributed by atoms with Gasteiger partial charge in [-0.1, -0.05) is 4.70 Å². The molecule has 0 radical (unpaired) electrons. The van der Waals surface area contributed by atoms with E-state index in [1.165, 1.54) is 4.70 Å². The smallest absolute Gasteiger partial charge is 0.260 e. The molecule has 0 aromatic rings. The van der Waals surface area contributed by atoms with Crippen molar-refractivity contribution in [2.45, 2.75) is 4.05 Å². The highest BCUT2D eigenvalue weighted by Crippen LogP contribution is 2.10. The second kappa shape index (κ2) is 1.96. The number of alkyl halides is 1. The minimum absolute atomic E-state index is 0.243. The maximum Gasteiger partial charge on any atom is 0.420 e. The lowest BCUT2D eigenvalue weighted by molar-refractivity contribution is -0.564. The molecule has 1 aliphatic heterocycles. The molecule has 4 nitrogen and oxygen atoms in total. The van der Waals surface area contributed by atoms with E-state index in [9.17, 15) is 4.79 Å². The summed E-state index contributed by atoms with van der Waals surface area (Å²) < 4.78 is 1.22. The predicted octanol–water partition coefficient (Wildman–Crippen LogP) is 0.314. The molecule has 0 saturated heterocycles. The Bertz CT molecular complexity index is 155. The normalized spacial score (nSPS) is 27.5. The van der Waals surface area contributed by atoms with E-state index in [1.54, 1.807) is 7.05 Å². The average molecular weight is 227 g/mol. The van der Waals surface area contributed by atoms with Crippen molar-refractivity contribution < 1.29 is 14.3 Å². The molecule has 0 N–H and O–H groups in total. The molecule has 0 amide bonds. The molecule has 0 aromatic carbocycles. The van der Waals surface area contributed by atoms with E-state index in [0.29, 0.717) is 0 Å². The molecule has 1 aliphatic rings. The molecule has 0 spiro atoms. The standard InChI is InChI=1S/C3H4IN2O2/c1-6-2(4)3(7)8-5-6/h2H,1H3/q+1. The summed E-state index contributed by atoms with van der Waals surface area (Å²) in [5.74, 6) is -0.298. The molecule has 1 unspecified atom stereocenters. The van der Waals surface area contributed by atoms with Crippen LogP contribution in [-0.2, 0) is 9.63 Å². The van der Waals surface area contributed by atoms with Crippen molar-refractivity contribution in [2.75, 3.05) is 7.05 Å². The Morgan fingerprint density at radius 3 is 2.75 bits per heavy atom. The molecule has 5 heteroatoms. The largest absolute Gasteiger partial charge is 0.420 e. The lowest BCUT2D eigenvalue weighted by Gasteiger charge is -1.81. The first-order valence-electron chi connectivity index (χ1n) is 2.00. The third kappa shape index (κ3) is 0.816. The Labute approximate surface area is 59.6 Å². The van der Waals surface area contributed by atoms with Gasteiger partial charge in [-0.3, -0.25) is 4.84 Å². The van der Waals surface area contributed by atoms with Crippen molar-refractivity contribution in [1.82, 2.24) is 0 Å². The van der Waals surface area contributed by atoms with Crippen molar-refractivity contribution in [1.29, 1.82) is 0 Å². The van der Waals surface area contributed by atoms with Crippen molar-refractivity contribution in [3.8, 4) is 0 Å². The highest BCUT2D eigenvalue weighted by Gasteiger charge is 2.34. The first-order valence-corrected chi connectivity index (χ1v) is 3.25. The average Bonchev–Trinajstić information content (AvgIpc) is 1.98. The van der Waals surface area contributed by atoms with Crippen LogP contribution in [0.5, 0.6) is 0 Å².